The van der Waals surface area contributed by atoms with Crippen molar-refractivity contribution in [1.29, 1.82) is 0 Å². The topological polar surface area (TPSA) is 118 Å². The van der Waals surface area contributed by atoms with Gasteiger partial charge in [0.1, 0.15) is 5.82 Å². The first-order chi connectivity index (χ1) is 11.0. The Morgan fingerprint density at radius 3 is 2.61 bits per heavy atom. The quantitative estimate of drug-likeness (QED) is 0.383. The summed E-state index contributed by atoms with van der Waals surface area (Å²) < 4.78 is 0. The molecule has 0 saturated carbocycles. The molecule has 1 aromatic heterocycles. The second kappa shape index (κ2) is 5.84. The van der Waals surface area contributed by atoms with E-state index in [1.165, 1.54) is 23.9 Å². The fraction of sp³-hybridized carbons (Fsp3) is 0.214. The van der Waals surface area contributed by atoms with E-state index in [2.05, 4.69) is 15.3 Å². The Bertz CT molecular complexity index is 847. The number of carbonyl (C=O) groups excluding carboxylic acids is 1. The number of nitro benzene ring substituents is 1. The minimum atomic E-state index is -0.496. The van der Waals surface area contributed by atoms with Crippen molar-refractivity contribution in [1.82, 2.24) is 9.97 Å². The van der Waals surface area contributed by atoms with Crippen molar-refractivity contribution < 1.29 is 9.72 Å². The fourth-order valence-electron chi connectivity index (χ4n) is 2.56. The molecule has 0 radical (unpaired) electrons. The lowest BCUT2D eigenvalue weighted by atomic mass is 9.87. The van der Waals surface area contributed by atoms with Gasteiger partial charge in [-0.05, 0) is 11.8 Å². The molecule has 2 N–H and O–H groups in total. The van der Waals surface area contributed by atoms with Crippen LogP contribution >= 0.6 is 11.8 Å². The average Bonchev–Trinajstić information content (AvgIpc) is 2.53. The predicted octanol–water partition coefficient (Wildman–Crippen LogP) is 1.87. The van der Waals surface area contributed by atoms with Crippen molar-refractivity contribution in [2.45, 2.75) is 17.5 Å². The number of nitrogens with one attached hydrogen (secondary N) is 2. The fourth-order valence-corrected chi connectivity index (χ4v) is 2.94. The molecular formula is C14H12N4O4S. The van der Waals surface area contributed by atoms with Gasteiger partial charge < -0.3 is 10.3 Å². The zero-order valence-corrected chi connectivity index (χ0v) is 12.8. The number of H-pyrrole nitrogens is 1. The molecule has 0 bridgehead atoms. The molecule has 0 spiro atoms. The van der Waals surface area contributed by atoms with Gasteiger partial charge in [-0.25, -0.2) is 4.98 Å². The van der Waals surface area contributed by atoms with E-state index < -0.39 is 10.8 Å². The molecule has 1 aliphatic rings. The SMILES string of the molecule is CSc1nc2c(c(=O)[nH]1)[C@@H](c1ccc([N+](=O)[O-])cc1)CC(=O)N2. The number of aromatic nitrogens is 2. The molecule has 0 saturated heterocycles. The van der Waals surface area contributed by atoms with Crippen LogP contribution in [0.4, 0.5) is 11.5 Å². The Morgan fingerprint density at radius 1 is 1.30 bits per heavy atom. The number of hydrogen-bond acceptors (Lipinski definition) is 6. The highest BCUT2D eigenvalue weighted by Gasteiger charge is 2.31. The zero-order valence-electron chi connectivity index (χ0n) is 12.0. The van der Waals surface area contributed by atoms with Gasteiger partial charge in [0.2, 0.25) is 5.91 Å². The molecule has 8 nitrogen and oxygen atoms in total. The van der Waals surface area contributed by atoms with Gasteiger partial charge in [0.25, 0.3) is 11.2 Å². The number of benzene rings is 1. The number of amides is 1. The van der Waals surface area contributed by atoms with E-state index in [1.807, 2.05) is 0 Å². The molecule has 0 aliphatic carbocycles. The van der Waals surface area contributed by atoms with Crippen molar-refractivity contribution in [2.75, 3.05) is 11.6 Å². The smallest absolute Gasteiger partial charge is 0.269 e. The summed E-state index contributed by atoms with van der Waals surface area (Å²) in [5.74, 6) is -0.476. The Hall–Kier alpha value is -2.68. The molecule has 2 heterocycles. The van der Waals surface area contributed by atoms with Gasteiger partial charge in [-0.2, -0.15) is 0 Å². The zero-order chi connectivity index (χ0) is 16.6. The van der Waals surface area contributed by atoms with E-state index in [9.17, 15) is 19.7 Å². The number of carbonyl (C=O) groups is 1. The molecule has 1 amide bonds. The minimum absolute atomic E-state index is 0.0426. The Kier molecular flexibility index (Phi) is 3.87. The second-order valence-corrected chi connectivity index (χ2v) is 5.79. The highest BCUT2D eigenvalue weighted by Crippen LogP contribution is 2.34. The van der Waals surface area contributed by atoms with Crippen LogP contribution in [0.15, 0.2) is 34.2 Å². The number of hydrogen-bond donors (Lipinski definition) is 2. The number of non-ortho nitro benzene ring substituents is 1. The summed E-state index contributed by atoms with van der Waals surface area (Å²) in [4.78, 5) is 41.4. The van der Waals surface area contributed by atoms with E-state index in [4.69, 9.17) is 0 Å². The molecule has 1 aromatic carbocycles. The molecule has 23 heavy (non-hydrogen) atoms. The third-order valence-corrected chi connectivity index (χ3v) is 4.21. The minimum Gasteiger partial charge on any atom is -0.310 e. The summed E-state index contributed by atoms with van der Waals surface area (Å²) in [6, 6.07) is 5.85. The highest BCUT2D eigenvalue weighted by atomic mass is 32.2. The van der Waals surface area contributed by atoms with Gasteiger partial charge in [0.05, 0.1) is 10.5 Å². The monoisotopic (exact) mass is 332 g/mol. The van der Waals surface area contributed by atoms with Gasteiger partial charge in [-0.3, -0.25) is 19.7 Å². The number of aromatic amines is 1. The molecule has 0 fully saturated rings. The predicted molar refractivity (Wildman–Crippen MR) is 84.8 cm³/mol. The lowest BCUT2D eigenvalue weighted by molar-refractivity contribution is -0.384. The normalized spacial score (nSPS) is 16.6. The van der Waals surface area contributed by atoms with E-state index in [0.29, 0.717) is 16.3 Å². The number of nitrogens with zero attached hydrogens (tertiary/aromatic N) is 2. The summed E-state index contributed by atoms with van der Waals surface area (Å²) in [5.41, 5.74) is 0.675. The molecule has 1 atom stereocenters. The number of fused-ring (bicyclic) bond motifs is 1. The molecule has 9 heteroatoms. The maximum absolute atomic E-state index is 12.3. The first kappa shape index (κ1) is 15.2. The van der Waals surface area contributed by atoms with Gasteiger partial charge in [0, 0.05) is 24.5 Å². The van der Waals surface area contributed by atoms with Crippen LogP contribution < -0.4 is 10.9 Å². The standard InChI is InChI=1S/C14H12N4O4S/c1-23-14-16-12-11(13(20)17-14)9(6-10(19)15-12)7-2-4-8(5-3-7)18(21)22/h2-5,9H,6H2,1H3,(H2,15,16,17,19,20)/t9-/m1/s1. The lowest BCUT2D eigenvalue weighted by Gasteiger charge is -2.24. The highest BCUT2D eigenvalue weighted by molar-refractivity contribution is 7.98. The molecule has 118 valence electrons. The van der Waals surface area contributed by atoms with Crippen LogP contribution in [-0.4, -0.2) is 27.1 Å². The van der Waals surface area contributed by atoms with Gasteiger partial charge in [-0.1, -0.05) is 23.9 Å². The molecule has 2 aromatic rings. The largest absolute Gasteiger partial charge is 0.310 e. The number of thioether (sulfide) groups is 1. The second-order valence-electron chi connectivity index (χ2n) is 4.99. The van der Waals surface area contributed by atoms with Crippen LogP contribution in [-0.2, 0) is 4.79 Å². The Balaban J connectivity index is 2.10. The van der Waals surface area contributed by atoms with Crippen molar-refractivity contribution in [3.63, 3.8) is 0 Å². The van der Waals surface area contributed by atoms with E-state index in [0.717, 1.165) is 0 Å². The van der Waals surface area contributed by atoms with Gasteiger partial charge >= 0.3 is 0 Å². The summed E-state index contributed by atoms with van der Waals surface area (Å²) in [7, 11) is 0. The van der Waals surface area contributed by atoms with E-state index in [-0.39, 0.29) is 29.4 Å². The van der Waals surface area contributed by atoms with Gasteiger partial charge in [-0.15, -0.1) is 0 Å². The number of anilines is 1. The van der Waals surface area contributed by atoms with Crippen LogP contribution in [0.1, 0.15) is 23.5 Å². The first-order valence-electron chi connectivity index (χ1n) is 6.72. The maximum atomic E-state index is 12.3. The maximum Gasteiger partial charge on any atom is 0.269 e. The molecular weight excluding hydrogens is 320 g/mol. The van der Waals surface area contributed by atoms with Crippen LogP contribution in [0, 0.1) is 10.1 Å². The molecule has 0 unspecified atom stereocenters. The third kappa shape index (κ3) is 2.82. The third-order valence-electron chi connectivity index (χ3n) is 3.63. The summed E-state index contributed by atoms with van der Waals surface area (Å²) in [5, 5.41) is 13.8. The molecule has 3 rings (SSSR count). The van der Waals surface area contributed by atoms with Crippen LogP contribution in [0.5, 0.6) is 0 Å². The Morgan fingerprint density at radius 2 is 2.00 bits per heavy atom. The summed E-state index contributed by atoms with van der Waals surface area (Å²) in [6.45, 7) is 0. The number of nitro groups is 1. The van der Waals surface area contributed by atoms with Gasteiger partial charge in [0.15, 0.2) is 5.16 Å². The van der Waals surface area contributed by atoms with E-state index >= 15 is 0 Å². The van der Waals surface area contributed by atoms with Crippen LogP contribution in [0.2, 0.25) is 0 Å². The van der Waals surface area contributed by atoms with Crippen LogP contribution in [0.25, 0.3) is 0 Å². The van der Waals surface area contributed by atoms with Crippen LogP contribution in [0.3, 0.4) is 0 Å². The van der Waals surface area contributed by atoms with Crippen molar-refractivity contribution in [3.8, 4) is 0 Å². The van der Waals surface area contributed by atoms with Crippen molar-refractivity contribution >= 4 is 29.2 Å². The van der Waals surface area contributed by atoms with Crippen molar-refractivity contribution in [3.05, 3.63) is 55.9 Å². The first-order valence-corrected chi connectivity index (χ1v) is 7.94. The molecule has 1 aliphatic heterocycles. The summed E-state index contributed by atoms with van der Waals surface area (Å²) >= 11 is 1.27. The lowest BCUT2D eigenvalue weighted by Crippen LogP contribution is -2.31. The average molecular weight is 332 g/mol. The van der Waals surface area contributed by atoms with Crippen molar-refractivity contribution in [2.24, 2.45) is 0 Å². The number of rotatable bonds is 3. The summed E-state index contributed by atoms with van der Waals surface area (Å²) in [6.07, 6.45) is 1.86. The Labute approximate surface area is 134 Å². The van der Waals surface area contributed by atoms with E-state index in [1.54, 1.807) is 18.4 Å².